The van der Waals surface area contributed by atoms with E-state index in [9.17, 15) is 13.2 Å². The van der Waals surface area contributed by atoms with Gasteiger partial charge in [-0.25, -0.2) is 9.97 Å². The summed E-state index contributed by atoms with van der Waals surface area (Å²) >= 11 is 0. The minimum atomic E-state index is -4.38. The topological polar surface area (TPSA) is 54.0 Å². The number of benzene rings is 1. The lowest BCUT2D eigenvalue weighted by atomic mass is 10.1. The number of rotatable bonds is 3. The summed E-state index contributed by atoms with van der Waals surface area (Å²) in [5.41, 5.74) is 0.877. The molecule has 4 rings (SSSR count). The van der Waals surface area contributed by atoms with Crippen LogP contribution in [0.15, 0.2) is 36.5 Å². The second-order valence-electron chi connectivity index (χ2n) is 6.64. The minimum Gasteiger partial charge on any atom is -0.381 e. The Morgan fingerprint density at radius 1 is 1.15 bits per heavy atom. The van der Waals surface area contributed by atoms with Gasteiger partial charge in [-0.3, -0.25) is 0 Å². The molecule has 3 aromatic rings. The summed E-state index contributed by atoms with van der Waals surface area (Å²) in [6, 6.07) is 7.29. The van der Waals surface area contributed by atoms with E-state index in [1.54, 1.807) is 13.3 Å². The van der Waals surface area contributed by atoms with Crippen molar-refractivity contribution in [3.05, 3.63) is 42.1 Å². The Balaban J connectivity index is 1.55. The highest BCUT2D eigenvalue weighted by molar-refractivity contribution is 5.80. The molecule has 1 aromatic carbocycles. The van der Waals surface area contributed by atoms with Crippen LogP contribution in [0.5, 0.6) is 0 Å². The molecule has 1 fully saturated rings. The van der Waals surface area contributed by atoms with Crippen molar-refractivity contribution in [1.82, 2.24) is 15.0 Å². The van der Waals surface area contributed by atoms with Gasteiger partial charge in [0.25, 0.3) is 0 Å². The Morgan fingerprint density at radius 2 is 1.93 bits per heavy atom. The third kappa shape index (κ3) is 3.62. The van der Waals surface area contributed by atoms with Crippen LogP contribution < -0.4 is 4.90 Å². The summed E-state index contributed by atoms with van der Waals surface area (Å²) in [6.07, 6.45) is -0.451. The van der Waals surface area contributed by atoms with E-state index in [4.69, 9.17) is 4.74 Å². The molecule has 2 aromatic heterocycles. The number of hydrogen-bond donors (Lipinski definition) is 1. The average molecular weight is 376 g/mol. The van der Waals surface area contributed by atoms with Crippen molar-refractivity contribution >= 4 is 16.9 Å². The number of imidazole rings is 1. The Hall–Kier alpha value is -2.61. The van der Waals surface area contributed by atoms with Crippen LogP contribution in [0, 0.1) is 0 Å². The lowest BCUT2D eigenvalue weighted by Crippen LogP contribution is -2.37. The quantitative estimate of drug-likeness (QED) is 0.742. The normalized spacial score (nSPS) is 16.2. The molecule has 0 amide bonds. The van der Waals surface area contributed by atoms with Gasteiger partial charge in [-0.15, -0.1) is 0 Å². The van der Waals surface area contributed by atoms with Crippen molar-refractivity contribution in [2.75, 3.05) is 25.1 Å². The molecule has 1 N–H and O–H groups in total. The minimum absolute atomic E-state index is 0.303. The zero-order chi connectivity index (χ0) is 19.0. The number of fused-ring (bicyclic) bond motifs is 1. The van der Waals surface area contributed by atoms with Gasteiger partial charge in [0.2, 0.25) is 0 Å². The van der Waals surface area contributed by atoms with E-state index < -0.39 is 11.7 Å². The molecule has 0 spiro atoms. The van der Waals surface area contributed by atoms with E-state index in [1.165, 1.54) is 6.07 Å². The Kier molecular flexibility index (Phi) is 4.51. The van der Waals surface area contributed by atoms with E-state index in [-0.39, 0.29) is 0 Å². The van der Waals surface area contributed by atoms with Gasteiger partial charge in [0, 0.05) is 32.0 Å². The molecule has 3 heterocycles. The molecule has 1 aliphatic heterocycles. The number of alkyl halides is 3. The predicted molar refractivity (Wildman–Crippen MR) is 96.6 cm³/mol. The first-order chi connectivity index (χ1) is 12.9. The zero-order valence-electron chi connectivity index (χ0n) is 14.8. The van der Waals surface area contributed by atoms with Crippen molar-refractivity contribution in [2.45, 2.75) is 25.1 Å². The number of hydrogen-bond acceptors (Lipinski definition) is 4. The number of piperidine rings is 1. The fraction of sp³-hybridized carbons (Fsp3) is 0.368. The fourth-order valence-corrected chi connectivity index (χ4v) is 3.36. The molecule has 0 unspecified atom stereocenters. The number of nitrogens with one attached hydrogen (secondary N) is 1. The number of anilines is 1. The molecule has 0 aliphatic carbocycles. The number of nitrogens with zero attached hydrogens (tertiary/aromatic N) is 3. The molecule has 142 valence electrons. The summed E-state index contributed by atoms with van der Waals surface area (Å²) in [4.78, 5) is 14.0. The molecule has 0 radical (unpaired) electrons. The van der Waals surface area contributed by atoms with Crippen molar-refractivity contribution in [3.63, 3.8) is 0 Å². The first kappa shape index (κ1) is 17.8. The summed E-state index contributed by atoms with van der Waals surface area (Å²) in [7, 11) is 1.73. The molecule has 5 nitrogen and oxygen atoms in total. The maximum absolute atomic E-state index is 12.9. The molecular weight excluding hydrogens is 357 g/mol. The summed E-state index contributed by atoms with van der Waals surface area (Å²) in [5.74, 6) is 1.38. The first-order valence-electron chi connectivity index (χ1n) is 8.75. The lowest BCUT2D eigenvalue weighted by Gasteiger charge is -2.32. The number of pyridine rings is 1. The van der Waals surface area contributed by atoms with Crippen LogP contribution in [0.3, 0.4) is 0 Å². The van der Waals surface area contributed by atoms with Crippen LogP contribution >= 0.6 is 0 Å². The highest BCUT2D eigenvalue weighted by Gasteiger charge is 2.30. The molecule has 8 heteroatoms. The number of methoxy groups -OCH3 is 1. The van der Waals surface area contributed by atoms with Crippen LogP contribution in [0.1, 0.15) is 18.4 Å². The van der Waals surface area contributed by atoms with E-state index >= 15 is 0 Å². The maximum atomic E-state index is 12.9. The maximum Gasteiger partial charge on any atom is 0.416 e. The second-order valence-corrected chi connectivity index (χ2v) is 6.64. The molecule has 27 heavy (non-hydrogen) atoms. The lowest BCUT2D eigenvalue weighted by molar-refractivity contribution is -0.137. The number of H-pyrrole nitrogens is 1. The number of halogens is 3. The molecule has 0 bridgehead atoms. The van der Waals surface area contributed by atoms with Crippen molar-refractivity contribution in [1.29, 1.82) is 0 Å². The van der Waals surface area contributed by atoms with Gasteiger partial charge in [0.05, 0.1) is 22.7 Å². The number of ether oxygens (including phenoxy) is 1. The molecular formula is C19H19F3N4O. The third-order valence-electron chi connectivity index (χ3n) is 4.93. The highest BCUT2D eigenvalue weighted by Crippen LogP contribution is 2.32. The highest BCUT2D eigenvalue weighted by atomic mass is 19.4. The molecule has 1 aliphatic rings. The molecule has 1 saturated heterocycles. The SMILES string of the molecule is COC1CCN(c2ccc(-c3nc4ccc(C(F)(F)F)cc4[nH]3)cn2)CC1. The number of aromatic amines is 1. The van der Waals surface area contributed by atoms with Gasteiger partial charge in [-0.2, -0.15) is 13.2 Å². The van der Waals surface area contributed by atoms with E-state index in [0.29, 0.717) is 23.0 Å². The Morgan fingerprint density at radius 3 is 2.56 bits per heavy atom. The van der Waals surface area contributed by atoms with Crippen molar-refractivity contribution in [2.24, 2.45) is 0 Å². The van der Waals surface area contributed by atoms with E-state index in [1.807, 2.05) is 12.1 Å². The largest absolute Gasteiger partial charge is 0.416 e. The van der Waals surface area contributed by atoms with Gasteiger partial charge in [0.15, 0.2) is 0 Å². The smallest absolute Gasteiger partial charge is 0.381 e. The number of aromatic nitrogens is 3. The second kappa shape index (κ2) is 6.84. The van der Waals surface area contributed by atoms with Crippen LogP contribution in [0.25, 0.3) is 22.4 Å². The van der Waals surface area contributed by atoms with Gasteiger partial charge < -0.3 is 14.6 Å². The van der Waals surface area contributed by atoms with Gasteiger partial charge in [-0.1, -0.05) is 0 Å². The first-order valence-corrected chi connectivity index (χ1v) is 8.75. The van der Waals surface area contributed by atoms with Gasteiger partial charge >= 0.3 is 6.18 Å². The fourth-order valence-electron chi connectivity index (χ4n) is 3.36. The van der Waals surface area contributed by atoms with Gasteiger partial charge in [0.1, 0.15) is 11.6 Å². The van der Waals surface area contributed by atoms with Crippen molar-refractivity contribution < 1.29 is 17.9 Å². The van der Waals surface area contributed by atoms with Crippen LogP contribution in [0.2, 0.25) is 0 Å². The average Bonchev–Trinajstić information content (AvgIpc) is 3.11. The van der Waals surface area contributed by atoms with Crippen LogP contribution in [-0.2, 0) is 10.9 Å². The molecule has 0 atom stereocenters. The summed E-state index contributed by atoms with van der Waals surface area (Å²) in [6.45, 7) is 1.77. The predicted octanol–water partition coefficient (Wildman–Crippen LogP) is 4.26. The van der Waals surface area contributed by atoms with Crippen LogP contribution in [0.4, 0.5) is 19.0 Å². The third-order valence-corrected chi connectivity index (χ3v) is 4.93. The van der Waals surface area contributed by atoms with E-state index in [2.05, 4.69) is 19.9 Å². The Bertz CT molecular complexity index is 928. The Labute approximate surface area is 154 Å². The summed E-state index contributed by atoms with van der Waals surface area (Å²) < 4.78 is 44.0. The summed E-state index contributed by atoms with van der Waals surface area (Å²) in [5, 5.41) is 0. The molecule has 0 saturated carbocycles. The van der Waals surface area contributed by atoms with E-state index in [0.717, 1.165) is 49.4 Å². The zero-order valence-corrected chi connectivity index (χ0v) is 14.8. The van der Waals surface area contributed by atoms with Crippen LogP contribution in [-0.4, -0.2) is 41.3 Å². The van der Waals surface area contributed by atoms with Gasteiger partial charge in [-0.05, 0) is 43.2 Å². The monoisotopic (exact) mass is 376 g/mol. The standard InChI is InChI=1S/C19H19F3N4O/c1-27-14-6-8-26(9-7-14)17-5-2-12(11-23-17)18-24-15-4-3-13(19(20,21)22)10-16(15)25-18/h2-5,10-11,14H,6-9H2,1H3,(H,24,25). The van der Waals surface area contributed by atoms with Crippen molar-refractivity contribution in [3.8, 4) is 11.4 Å².